The number of alkyl halides is 3. The van der Waals surface area contributed by atoms with Gasteiger partial charge in [0.2, 0.25) is 0 Å². The van der Waals surface area contributed by atoms with E-state index in [4.69, 9.17) is 4.74 Å². The van der Waals surface area contributed by atoms with Gasteiger partial charge in [0.15, 0.2) is 0 Å². The summed E-state index contributed by atoms with van der Waals surface area (Å²) in [5.41, 5.74) is -0.278. The molecule has 4 nitrogen and oxygen atoms in total. The van der Waals surface area contributed by atoms with Crippen molar-refractivity contribution in [1.29, 1.82) is 0 Å². The molecule has 1 aromatic carbocycles. The van der Waals surface area contributed by atoms with Crippen LogP contribution in [0.4, 0.5) is 23.7 Å². The maximum Gasteiger partial charge on any atom is 0.416 e. The Kier molecular flexibility index (Phi) is 3.52. The predicted octanol–water partition coefficient (Wildman–Crippen LogP) is 2.64. The number of amides is 1. The Labute approximate surface area is 119 Å². The van der Waals surface area contributed by atoms with Crippen molar-refractivity contribution in [2.75, 3.05) is 24.6 Å². The molecule has 2 unspecified atom stereocenters. The Bertz CT molecular complexity index is 524. The van der Waals surface area contributed by atoms with Crippen LogP contribution in [0.5, 0.6) is 0 Å². The number of nitrogens with one attached hydrogen (secondary N) is 1. The van der Waals surface area contributed by atoms with Crippen molar-refractivity contribution in [2.24, 2.45) is 5.92 Å². The average molecular weight is 300 g/mol. The summed E-state index contributed by atoms with van der Waals surface area (Å²) >= 11 is 0. The van der Waals surface area contributed by atoms with Crippen molar-refractivity contribution < 1.29 is 22.7 Å². The molecular weight excluding hydrogens is 285 g/mol. The number of carbonyl (C=O) groups is 1. The number of carbonyl (C=O) groups excluding carboxylic acids is 1. The molecule has 0 aliphatic carbocycles. The monoisotopic (exact) mass is 300 g/mol. The number of cyclic esters (lactones) is 1. The zero-order chi connectivity index (χ0) is 15.0. The molecular formula is C14H15F3N2O2. The summed E-state index contributed by atoms with van der Waals surface area (Å²) in [5.74, 6) is 0.263. The maximum atomic E-state index is 12.6. The molecule has 7 heteroatoms. The number of hydrogen-bond donors (Lipinski definition) is 1. The van der Waals surface area contributed by atoms with Gasteiger partial charge in [0.25, 0.3) is 0 Å². The van der Waals surface area contributed by atoms with E-state index in [1.165, 1.54) is 17.0 Å². The van der Waals surface area contributed by atoms with Crippen molar-refractivity contribution in [1.82, 2.24) is 5.32 Å². The standard InChI is InChI=1S/C14H15F3N2O2/c15-14(16,17)10-1-3-11(4-2-10)19-12(8-21-13(19)20)9-5-6-18-7-9/h1-4,9,12,18H,5-8H2. The second-order valence-electron chi connectivity index (χ2n) is 5.31. The summed E-state index contributed by atoms with van der Waals surface area (Å²) in [6.45, 7) is 1.96. The van der Waals surface area contributed by atoms with Crippen molar-refractivity contribution in [3.63, 3.8) is 0 Å². The van der Waals surface area contributed by atoms with Gasteiger partial charge in [-0.15, -0.1) is 0 Å². The lowest BCUT2D eigenvalue weighted by Crippen LogP contribution is -2.40. The molecule has 1 N–H and O–H groups in total. The fourth-order valence-electron chi connectivity index (χ4n) is 2.90. The van der Waals surface area contributed by atoms with E-state index >= 15 is 0 Å². The van der Waals surface area contributed by atoms with Gasteiger partial charge in [-0.05, 0) is 43.1 Å². The van der Waals surface area contributed by atoms with Gasteiger partial charge >= 0.3 is 12.3 Å². The normalized spacial score (nSPS) is 26.2. The van der Waals surface area contributed by atoms with E-state index < -0.39 is 17.8 Å². The quantitative estimate of drug-likeness (QED) is 0.913. The second-order valence-corrected chi connectivity index (χ2v) is 5.31. The minimum Gasteiger partial charge on any atom is -0.447 e. The van der Waals surface area contributed by atoms with Crippen LogP contribution in [0.15, 0.2) is 24.3 Å². The predicted molar refractivity (Wildman–Crippen MR) is 70.0 cm³/mol. The van der Waals surface area contributed by atoms with Gasteiger partial charge in [-0.25, -0.2) is 4.79 Å². The van der Waals surface area contributed by atoms with E-state index in [1.807, 2.05) is 0 Å². The first kappa shape index (κ1) is 14.2. The van der Waals surface area contributed by atoms with Gasteiger partial charge < -0.3 is 10.1 Å². The molecule has 2 heterocycles. The van der Waals surface area contributed by atoms with Crippen LogP contribution in [-0.2, 0) is 10.9 Å². The zero-order valence-electron chi connectivity index (χ0n) is 11.2. The average Bonchev–Trinajstić information content (AvgIpc) is 3.06. The molecule has 2 fully saturated rings. The van der Waals surface area contributed by atoms with Crippen molar-refractivity contribution in [3.05, 3.63) is 29.8 Å². The van der Waals surface area contributed by atoms with E-state index in [0.29, 0.717) is 5.69 Å². The highest BCUT2D eigenvalue weighted by Crippen LogP contribution is 2.33. The van der Waals surface area contributed by atoms with E-state index in [9.17, 15) is 18.0 Å². The third-order valence-corrected chi connectivity index (χ3v) is 4.02. The van der Waals surface area contributed by atoms with Gasteiger partial charge in [-0.1, -0.05) is 0 Å². The number of hydrogen-bond acceptors (Lipinski definition) is 3. The highest BCUT2D eigenvalue weighted by molar-refractivity contribution is 5.90. The third-order valence-electron chi connectivity index (χ3n) is 4.02. The summed E-state index contributed by atoms with van der Waals surface area (Å²) in [7, 11) is 0. The number of halogens is 3. The minimum atomic E-state index is -4.38. The Morgan fingerprint density at radius 2 is 1.95 bits per heavy atom. The molecule has 0 bridgehead atoms. The fourth-order valence-corrected chi connectivity index (χ4v) is 2.90. The van der Waals surface area contributed by atoms with Crippen molar-refractivity contribution >= 4 is 11.8 Å². The van der Waals surface area contributed by atoms with Crippen LogP contribution in [0, 0.1) is 5.92 Å². The molecule has 1 amide bonds. The largest absolute Gasteiger partial charge is 0.447 e. The SMILES string of the molecule is O=C1OCC(C2CCNC2)N1c1ccc(C(F)(F)F)cc1. The lowest BCUT2D eigenvalue weighted by molar-refractivity contribution is -0.137. The molecule has 21 heavy (non-hydrogen) atoms. The van der Waals surface area contributed by atoms with Crippen LogP contribution >= 0.6 is 0 Å². The minimum absolute atomic E-state index is 0.121. The summed E-state index contributed by atoms with van der Waals surface area (Å²) in [6.07, 6.45) is -3.94. The molecule has 114 valence electrons. The van der Waals surface area contributed by atoms with Crippen molar-refractivity contribution in [2.45, 2.75) is 18.6 Å². The Morgan fingerprint density at radius 3 is 2.52 bits per heavy atom. The van der Waals surface area contributed by atoms with E-state index in [0.717, 1.165) is 31.6 Å². The summed E-state index contributed by atoms with van der Waals surface area (Å²) in [6, 6.07) is 4.51. The molecule has 2 aliphatic rings. The second kappa shape index (κ2) is 5.22. The summed E-state index contributed by atoms with van der Waals surface area (Å²) in [4.78, 5) is 13.4. The molecule has 0 spiro atoms. The van der Waals surface area contributed by atoms with Crippen LogP contribution in [-0.4, -0.2) is 31.8 Å². The Morgan fingerprint density at radius 1 is 1.24 bits per heavy atom. The number of nitrogens with zero attached hydrogens (tertiary/aromatic N) is 1. The lowest BCUT2D eigenvalue weighted by Gasteiger charge is -2.26. The molecule has 1 aromatic rings. The molecule has 3 rings (SSSR count). The molecule has 2 aliphatic heterocycles. The van der Waals surface area contributed by atoms with Gasteiger partial charge in [0.05, 0.1) is 11.6 Å². The smallest absolute Gasteiger partial charge is 0.416 e. The molecule has 2 saturated heterocycles. The van der Waals surface area contributed by atoms with E-state index in [1.54, 1.807) is 0 Å². The fraction of sp³-hybridized carbons (Fsp3) is 0.500. The van der Waals surface area contributed by atoms with E-state index in [-0.39, 0.29) is 18.6 Å². The van der Waals surface area contributed by atoms with Crippen LogP contribution in [0.25, 0.3) is 0 Å². The van der Waals surface area contributed by atoms with Gasteiger partial charge in [-0.3, -0.25) is 4.90 Å². The first-order valence-corrected chi connectivity index (χ1v) is 6.81. The first-order chi connectivity index (χ1) is 9.97. The molecule has 0 saturated carbocycles. The summed E-state index contributed by atoms with van der Waals surface area (Å²) in [5, 5.41) is 3.22. The van der Waals surface area contributed by atoms with Gasteiger partial charge in [0, 0.05) is 12.2 Å². The van der Waals surface area contributed by atoms with Crippen molar-refractivity contribution in [3.8, 4) is 0 Å². The van der Waals surface area contributed by atoms with Gasteiger partial charge in [0.1, 0.15) is 6.61 Å². The topological polar surface area (TPSA) is 41.6 Å². The van der Waals surface area contributed by atoms with Crippen LogP contribution < -0.4 is 10.2 Å². The number of ether oxygens (including phenoxy) is 1. The number of rotatable bonds is 2. The van der Waals surface area contributed by atoms with Crippen LogP contribution in [0.2, 0.25) is 0 Å². The maximum absolute atomic E-state index is 12.6. The van der Waals surface area contributed by atoms with E-state index in [2.05, 4.69) is 5.32 Å². The first-order valence-electron chi connectivity index (χ1n) is 6.81. The lowest BCUT2D eigenvalue weighted by atomic mass is 9.98. The molecule has 2 atom stereocenters. The van der Waals surface area contributed by atoms with Crippen LogP contribution in [0.3, 0.4) is 0 Å². The Hall–Kier alpha value is -1.76. The third kappa shape index (κ3) is 2.70. The Balaban J connectivity index is 1.84. The van der Waals surface area contributed by atoms with Gasteiger partial charge in [-0.2, -0.15) is 13.2 Å². The zero-order valence-corrected chi connectivity index (χ0v) is 11.2. The molecule has 0 aromatic heterocycles. The highest BCUT2D eigenvalue weighted by Gasteiger charge is 2.40. The van der Waals surface area contributed by atoms with Crippen LogP contribution in [0.1, 0.15) is 12.0 Å². The highest BCUT2D eigenvalue weighted by atomic mass is 19.4. The summed E-state index contributed by atoms with van der Waals surface area (Å²) < 4.78 is 42.8. The number of anilines is 1. The molecule has 0 radical (unpaired) electrons. The number of benzene rings is 1.